The van der Waals surface area contributed by atoms with Crippen LogP contribution < -0.4 is 0 Å². The van der Waals surface area contributed by atoms with E-state index in [-0.39, 0.29) is 0 Å². The van der Waals surface area contributed by atoms with Gasteiger partial charge < -0.3 is 9.13 Å². The van der Waals surface area contributed by atoms with Crippen molar-refractivity contribution < 1.29 is 0 Å². The fourth-order valence-corrected chi connectivity index (χ4v) is 8.21. The third kappa shape index (κ3) is 5.19. The van der Waals surface area contributed by atoms with Crippen LogP contribution in [0, 0.1) is 0 Å². The maximum atomic E-state index is 5.01. The molecule has 6 aromatic heterocycles. The van der Waals surface area contributed by atoms with E-state index in [0.717, 1.165) is 83.8 Å². The fraction of sp³-hybridized carbons (Fsp3) is 0. The van der Waals surface area contributed by atoms with E-state index in [1.807, 2.05) is 48.7 Å². The highest BCUT2D eigenvalue weighted by molar-refractivity contribution is 6.17. The van der Waals surface area contributed by atoms with Crippen LogP contribution in [0.2, 0.25) is 0 Å². The van der Waals surface area contributed by atoms with Crippen molar-refractivity contribution in [3.8, 4) is 56.4 Å². The fourth-order valence-electron chi connectivity index (χ4n) is 8.21. The molecule has 5 aromatic carbocycles. The highest BCUT2D eigenvalue weighted by Crippen LogP contribution is 2.41. The first-order valence-electron chi connectivity index (χ1n) is 18.7. The SMILES string of the molecule is c1ccc(-n2c3cc(-c4cccc5c4c4ccccc4n5-c4cccc(-c5cc(-c6ccccn6)nc(-c6ccccn6)c5)c4)ccc3c3ncccc32)cc1. The first-order chi connectivity index (χ1) is 27.8. The lowest BCUT2D eigenvalue weighted by atomic mass is 9.98. The molecule has 11 aromatic rings. The minimum atomic E-state index is 0.801. The molecule has 56 heavy (non-hydrogen) atoms. The third-order valence-corrected chi connectivity index (χ3v) is 10.7. The molecule has 6 heterocycles. The predicted octanol–water partition coefficient (Wildman–Crippen LogP) is 12.1. The molecule has 0 aliphatic heterocycles. The Hall–Kier alpha value is -7.70. The van der Waals surface area contributed by atoms with E-state index in [1.54, 1.807) is 12.4 Å². The summed E-state index contributed by atoms with van der Waals surface area (Å²) in [7, 11) is 0. The van der Waals surface area contributed by atoms with Crippen molar-refractivity contribution in [1.29, 1.82) is 0 Å². The Bertz CT molecular complexity index is 3180. The molecule has 0 saturated carbocycles. The Balaban J connectivity index is 1.10. The van der Waals surface area contributed by atoms with E-state index in [1.165, 1.54) is 16.3 Å². The lowest BCUT2D eigenvalue weighted by Crippen LogP contribution is -1.96. The Labute approximate surface area is 322 Å². The van der Waals surface area contributed by atoms with Gasteiger partial charge in [0.25, 0.3) is 0 Å². The van der Waals surface area contributed by atoms with E-state index >= 15 is 0 Å². The lowest BCUT2D eigenvalue weighted by molar-refractivity contribution is 1.17. The monoisotopic (exact) mass is 716 g/mol. The molecule has 0 fully saturated rings. The van der Waals surface area contributed by atoms with E-state index in [4.69, 9.17) is 9.97 Å². The Morgan fingerprint density at radius 1 is 0.339 bits per heavy atom. The second-order valence-electron chi connectivity index (χ2n) is 13.9. The van der Waals surface area contributed by atoms with Crippen LogP contribution in [-0.2, 0) is 0 Å². The van der Waals surface area contributed by atoms with Gasteiger partial charge in [0.15, 0.2) is 0 Å². The van der Waals surface area contributed by atoms with Crippen LogP contribution in [0.5, 0.6) is 0 Å². The summed E-state index contributed by atoms with van der Waals surface area (Å²) in [5.41, 5.74) is 15.4. The van der Waals surface area contributed by atoms with Gasteiger partial charge in [-0.05, 0) is 119 Å². The average Bonchev–Trinajstić information content (AvgIpc) is 3.80. The second-order valence-corrected chi connectivity index (χ2v) is 13.9. The number of hydrogen-bond acceptors (Lipinski definition) is 4. The zero-order valence-electron chi connectivity index (χ0n) is 30.2. The topological polar surface area (TPSA) is 61.4 Å². The van der Waals surface area contributed by atoms with Gasteiger partial charge in [-0.25, -0.2) is 4.98 Å². The molecule has 0 unspecified atom stereocenters. The first kappa shape index (κ1) is 31.8. The summed E-state index contributed by atoms with van der Waals surface area (Å²) in [6, 6.07) is 61.8. The van der Waals surface area contributed by atoms with Gasteiger partial charge in [-0.3, -0.25) is 15.0 Å². The lowest BCUT2D eigenvalue weighted by Gasteiger charge is -2.13. The molecule has 0 spiro atoms. The molecule has 0 atom stereocenters. The van der Waals surface area contributed by atoms with Crippen molar-refractivity contribution in [2.75, 3.05) is 0 Å². The van der Waals surface area contributed by atoms with E-state index in [0.29, 0.717) is 0 Å². The average molecular weight is 717 g/mol. The van der Waals surface area contributed by atoms with Gasteiger partial charge in [-0.15, -0.1) is 0 Å². The van der Waals surface area contributed by atoms with E-state index in [9.17, 15) is 0 Å². The first-order valence-corrected chi connectivity index (χ1v) is 18.7. The highest BCUT2D eigenvalue weighted by atomic mass is 15.0. The molecule has 0 aliphatic rings. The summed E-state index contributed by atoms with van der Waals surface area (Å²) in [6.07, 6.45) is 5.49. The number of nitrogens with zero attached hydrogens (tertiary/aromatic N) is 6. The molecule has 11 rings (SSSR count). The van der Waals surface area contributed by atoms with Crippen LogP contribution in [-0.4, -0.2) is 29.1 Å². The van der Waals surface area contributed by atoms with E-state index < -0.39 is 0 Å². The van der Waals surface area contributed by atoms with Gasteiger partial charge in [-0.2, -0.15) is 0 Å². The van der Waals surface area contributed by atoms with Crippen LogP contribution >= 0.6 is 0 Å². The maximum Gasteiger partial charge on any atom is 0.0963 e. The smallest absolute Gasteiger partial charge is 0.0963 e. The van der Waals surface area contributed by atoms with Crippen LogP contribution in [0.3, 0.4) is 0 Å². The molecule has 0 aliphatic carbocycles. The normalized spacial score (nSPS) is 11.6. The van der Waals surface area contributed by atoms with Crippen molar-refractivity contribution in [1.82, 2.24) is 29.1 Å². The Morgan fingerprint density at radius 2 is 1.00 bits per heavy atom. The Kier molecular flexibility index (Phi) is 7.38. The van der Waals surface area contributed by atoms with Crippen molar-refractivity contribution in [2.24, 2.45) is 0 Å². The van der Waals surface area contributed by atoms with Gasteiger partial charge in [0.05, 0.1) is 50.4 Å². The summed E-state index contributed by atoms with van der Waals surface area (Å²) >= 11 is 0. The molecule has 262 valence electrons. The standard InChI is InChI=1S/C50H32N6/c1-2-14-36(15-3-1)55-47-23-12-28-53-50(47)40-25-24-34(32-48(40)55)38-18-11-22-46-49(38)39-17-4-5-21-45(39)56(46)37-16-10-13-33(29-37)35-30-43(41-19-6-8-26-51-41)54-44(31-35)42-20-7-9-27-52-42/h1-32H. The summed E-state index contributed by atoms with van der Waals surface area (Å²) < 4.78 is 4.72. The summed E-state index contributed by atoms with van der Waals surface area (Å²) in [6.45, 7) is 0. The molecular weight excluding hydrogens is 685 g/mol. The molecule has 0 amide bonds. The summed E-state index contributed by atoms with van der Waals surface area (Å²) in [5.74, 6) is 0. The van der Waals surface area contributed by atoms with Crippen molar-refractivity contribution in [3.05, 3.63) is 195 Å². The summed E-state index contributed by atoms with van der Waals surface area (Å²) in [5, 5.41) is 3.55. The largest absolute Gasteiger partial charge is 0.309 e. The van der Waals surface area contributed by atoms with Crippen LogP contribution in [0.1, 0.15) is 0 Å². The minimum Gasteiger partial charge on any atom is -0.309 e. The number of para-hydroxylation sites is 2. The number of fused-ring (bicyclic) bond motifs is 6. The van der Waals surface area contributed by atoms with Gasteiger partial charge in [-0.1, -0.05) is 78.9 Å². The molecule has 6 heteroatoms. The minimum absolute atomic E-state index is 0.801. The van der Waals surface area contributed by atoms with Gasteiger partial charge in [0.1, 0.15) is 0 Å². The number of benzene rings is 5. The third-order valence-electron chi connectivity index (χ3n) is 10.7. The van der Waals surface area contributed by atoms with Crippen LogP contribution in [0.25, 0.3) is 100 Å². The molecular formula is C50H32N6. The quantitative estimate of drug-likeness (QED) is 0.172. The second kappa shape index (κ2) is 13.0. The van der Waals surface area contributed by atoms with Gasteiger partial charge in [0.2, 0.25) is 0 Å². The molecule has 0 bridgehead atoms. The maximum absolute atomic E-state index is 5.01. The van der Waals surface area contributed by atoms with Gasteiger partial charge >= 0.3 is 0 Å². The molecule has 0 radical (unpaired) electrons. The Morgan fingerprint density at radius 3 is 1.79 bits per heavy atom. The number of aromatic nitrogens is 6. The summed E-state index contributed by atoms with van der Waals surface area (Å²) in [4.78, 5) is 19.1. The number of hydrogen-bond donors (Lipinski definition) is 0. The predicted molar refractivity (Wildman–Crippen MR) is 228 cm³/mol. The zero-order chi connectivity index (χ0) is 37.0. The highest BCUT2D eigenvalue weighted by Gasteiger charge is 2.19. The molecule has 0 N–H and O–H groups in total. The van der Waals surface area contributed by atoms with Crippen LogP contribution in [0.15, 0.2) is 195 Å². The van der Waals surface area contributed by atoms with E-state index in [2.05, 4.69) is 153 Å². The van der Waals surface area contributed by atoms with Crippen LogP contribution in [0.4, 0.5) is 0 Å². The van der Waals surface area contributed by atoms with Crippen molar-refractivity contribution in [3.63, 3.8) is 0 Å². The number of rotatable bonds is 6. The van der Waals surface area contributed by atoms with Gasteiger partial charge in [0, 0.05) is 46.1 Å². The zero-order valence-corrected chi connectivity index (χ0v) is 30.2. The van der Waals surface area contributed by atoms with Crippen molar-refractivity contribution >= 4 is 43.7 Å². The molecule has 6 nitrogen and oxygen atoms in total. The molecule has 0 saturated heterocycles. The van der Waals surface area contributed by atoms with Crippen molar-refractivity contribution in [2.45, 2.75) is 0 Å². The number of pyridine rings is 4.